The molecule has 1 heterocycles. The maximum Gasteiger partial charge on any atom is 0.181 e. The number of ketones is 3. The zero-order valence-corrected chi connectivity index (χ0v) is 10.8. The number of carbonyl (C=O) groups excluding carboxylic acids is 3. The van der Waals surface area contributed by atoms with E-state index in [1.807, 2.05) is 14.2 Å². The Labute approximate surface area is 103 Å². The van der Waals surface area contributed by atoms with Crippen LogP contribution in [0, 0.1) is 5.92 Å². The molecule has 3 nitrogen and oxygen atoms in total. The van der Waals surface area contributed by atoms with E-state index in [9.17, 15) is 14.4 Å². The molecule has 0 radical (unpaired) electrons. The first kappa shape index (κ1) is 11.6. The molecule has 0 amide bonds. The third-order valence-electron chi connectivity index (χ3n) is 2.64. The van der Waals surface area contributed by atoms with Gasteiger partial charge in [-0.15, -0.1) is 0 Å². The second-order valence-electron chi connectivity index (χ2n) is 3.76. The van der Waals surface area contributed by atoms with Crippen LogP contribution in [0.4, 0.5) is 0 Å². The lowest BCUT2D eigenvalue weighted by Crippen LogP contribution is -2.36. The number of hydrogen-bond donors (Lipinski definition) is 0. The van der Waals surface area contributed by atoms with Crippen LogP contribution in [0.3, 0.4) is 0 Å². The Kier molecular flexibility index (Phi) is 3.58. The van der Waals surface area contributed by atoms with Crippen LogP contribution in [0.5, 0.6) is 0 Å². The van der Waals surface area contributed by atoms with Gasteiger partial charge in [-0.2, -0.15) is 0 Å². The molecule has 16 heavy (non-hydrogen) atoms. The van der Waals surface area contributed by atoms with E-state index in [2.05, 4.69) is 0 Å². The third-order valence-corrected chi connectivity index (χ3v) is 4.50. The number of hydrogen-bond acceptors (Lipinski definition) is 3. The van der Waals surface area contributed by atoms with Crippen LogP contribution in [0.25, 0.3) is 0 Å². The number of halogens is 1. The van der Waals surface area contributed by atoms with Crippen molar-refractivity contribution in [1.82, 2.24) is 0 Å². The Morgan fingerprint density at radius 3 is 2.50 bits per heavy atom. The molecule has 0 bridgehead atoms. The predicted octanol–water partition coefficient (Wildman–Crippen LogP) is 1.72. The van der Waals surface area contributed by atoms with E-state index < -0.39 is 5.92 Å². The zero-order chi connectivity index (χ0) is 11.5. The molecule has 0 spiro atoms. The molecule has 2 rings (SSSR count). The highest BCUT2D eigenvalue weighted by molar-refractivity contribution is 14.2. The Hall–Kier alpha value is -0.910. The van der Waals surface area contributed by atoms with Crippen LogP contribution < -0.4 is 0 Å². The fraction of sp³-hybridized carbons (Fsp3) is 0.333. The second-order valence-corrected chi connectivity index (χ2v) is 5.82. The van der Waals surface area contributed by atoms with E-state index in [0.29, 0.717) is 24.8 Å². The average Bonchev–Trinajstić information content (AvgIpc) is 2.30. The van der Waals surface area contributed by atoms with Gasteiger partial charge in [0, 0.05) is 18.4 Å². The van der Waals surface area contributed by atoms with Gasteiger partial charge in [-0.25, -0.2) is 0 Å². The molecule has 84 valence electrons. The van der Waals surface area contributed by atoms with E-state index in [-0.39, 0.29) is 38.1 Å². The molecule has 1 aliphatic heterocycles. The lowest BCUT2D eigenvalue weighted by molar-refractivity contribution is -0.140. The fourth-order valence-corrected chi connectivity index (χ4v) is 3.38. The summed E-state index contributed by atoms with van der Waals surface area (Å²) in [5.41, 5.74) is 0.545. The normalized spacial score (nSPS) is 21.6. The number of rotatable bonds is 2. The molecule has 0 atom stereocenters. The van der Waals surface area contributed by atoms with Gasteiger partial charge in [0.25, 0.3) is 0 Å². The van der Waals surface area contributed by atoms with Crippen molar-refractivity contribution in [3.05, 3.63) is 21.8 Å². The van der Waals surface area contributed by atoms with Crippen LogP contribution in [-0.2, 0) is 14.4 Å². The second kappa shape index (κ2) is 4.95. The van der Waals surface area contributed by atoms with Gasteiger partial charge < -0.3 is 0 Å². The molecule has 0 aromatic heterocycles. The summed E-state index contributed by atoms with van der Waals surface area (Å²) in [6.07, 6.45) is 4.84. The summed E-state index contributed by atoms with van der Waals surface area (Å²) in [7, 11) is 0. The van der Waals surface area contributed by atoms with E-state index in [4.69, 9.17) is 0 Å². The molecular formula is C12H11IO3. The van der Waals surface area contributed by atoms with Crippen molar-refractivity contribution >= 4 is 42.1 Å². The Bertz CT molecular complexity index is 427. The molecule has 0 N–H and O–H groups in total. The minimum atomic E-state index is -1.01. The summed E-state index contributed by atoms with van der Waals surface area (Å²) in [5, 5.41) is 0. The predicted molar refractivity (Wildman–Crippen MR) is 69.7 cm³/mol. The largest absolute Gasteiger partial charge is 0.298 e. The lowest BCUT2D eigenvalue weighted by Gasteiger charge is -2.18. The highest BCUT2D eigenvalue weighted by atomic mass is 127. The van der Waals surface area contributed by atoms with Gasteiger partial charge in [-0.05, 0) is 14.5 Å². The quantitative estimate of drug-likeness (QED) is 0.572. The van der Waals surface area contributed by atoms with Gasteiger partial charge in [0.2, 0.25) is 0 Å². The fourth-order valence-electron chi connectivity index (χ4n) is 1.82. The van der Waals surface area contributed by atoms with Crippen molar-refractivity contribution in [3.8, 4) is 0 Å². The summed E-state index contributed by atoms with van der Waals surface area (Å²) in [5.74, 6) is -1.71. The lowest BCUT2D eigenvalue weighted by atomic mass is 9.82. The number of allylic oxidation sites excluding steroid dienone is 3. The highest BCUT2D eigenvalue weighted by Gasteiger charge is 2.36. The molecule has 1 aliphatic carbocycles. The first-order chi connectivity index (χ1) is 7.70. The van der Waals surface area contributed by atoms with Crippen molar-refractivity contribution < 1.29 is 14.4 Å². The minimum absolute atomic E-state index is 0.205. The van der Waals surface area contributed by atoms with Crippen LogP contribution in [0.1, 0.15) is 19.3 Å². The van der Waals surface area contributed by atoms with Crippen LogP contribution >= 0.6 is 20.7 Å². The van der Waals surface area contributed by atoms with E-state index in [0.717, 1.165) is 0 Å². The summed E-state index contributed by atoms with van der Waals surface area (Å²) < 4.78 is 3.90. The van der Waals surface area contributed by atoms with Gasteiger partial charge in [-0.3, -0.25) is 14.4 Å². The molecule has 4 heteroatoms. The van der Waals surface area contributed by atoms with Gasteiger partial charge >= 0.3 is 0 Å². The summed E-state index contributed by atoms with van der Waals surface area (Å²) in [6.45, 7) is 0. The highest BCUT2D eigenvalue weighted by Crippen LogP contribution is 2.22. The molecule has 1 fully saturated rings. The molecule has 0 aromatic carbocycles. The Morgan fingerprint density at radius 1 is 1.25 bits per heavy atom. The SMILES string of the molecule is O=C1CCCC(=O)C1C(=O)C1=CC=CI=C1. The standard InChI is InChI=1S/C12H11IO3/c14-9-4-1-5-10(15)11(9)12(16)8-3-2-6-13-7-8/h2-3,6-7,11H,1,4-5H2. The van der Waals surface area contributed by atoms with E-state index in [1.54, 1.807) is 6.08 Å². The summed E-state index contributed by atoms with van der Waals surface area (Å²) >= 11 is -0.228. The van der Waals surface area contributed by atoms with Crippen LogP contribution in [-0.4, -0.2) is 21.4 Å². The topological polar surface area (TPSA) is 51.2 Å². The molecule has 0 saturated heterocycles. The van der Waals surface area contributed by atoms with Crippen molar-refractivity contribution in [1.29, 1.82) is 0 Å². The first-order valence-corrected chi connectivity index (χ1v) is 7.61. The van der Waals surface area contributed by atoms with Gasteiger partial charge in [0.15, 0.2) is 17.3 Å². The van der Waals surface area contributed by atoms with Gasteiger partial charge in [0.05, 0.1) is 0 Å². The Balaban J connectivity index is 2.23. The summed E-state index contributed by atoms with van der Waals surface area (Å²) in [6, 6.07) is 0. The molecule has 0 unspecified atom stereocenters. The van der Waals surface area contributed by atoms with E-state index in [1.165, 1.54) is 0 Å². The van der Waals surface area contributed by atoms with Crippen LogP contribution in [0.15, 0.2) is 21.8 Å². The van der Waals surface area contributed by atoms with Gasteiger partial charge in [-0.1, -0.05) is 32.9 Å². The minimum Gasteiger partial charge on any atom is -0.298 e. The van der Waals surface area contributed by atoms with Crippen molar-refractivity contribution in [2.24, 2.45) is 5.92 Å². The van der Waals surface area contributed by atoms with Gasteiger partial charge in [0.1, 0.15) is 5.92 Å². The average molecular weight is 330 g/mol. The Morgan fingerprint density at radius 2 is 1.94 bits per heavy atom. The van der Waals surface area contributed by atoms with Crippen molar-refractivity contribution in [2.75, 3.05) is 0 Å². The van der Waals surface area contributed by atoms with Crippen molar-refractivity contribution in [3.63, 3.8) is 0 Å². The third kappa shape index (κ3) is 2.26. The first-order valence-electron chi connectivity index (χ1n) is 5.12. The molecule has 1 saturated carbocycles. The maximum absolute atomic E-state index is 12.0. The number of Topliss-reactive ketones (excluding diaryl/α,β-unsaturated/α-hetero) is 3. The maximum atomic E-state index is 12.0. The van der Waals surface area contributed by atoms with Crippen molar-refractivity contribution in [2.45, 2.75) is 19.3 Å². The van der Waals surface area contributed by atoms with Crippen LogP contribution in [0.2, 0.25) is 0 Å². The molecule has 2 aliphatic rings. The van der Waals surface area contributed by atoms with E-state index >= 15 is 0 Å². The summed E-state index contributed by atoms with van der Waals surface area (Å²) in [4.78, 5) is 35.2. The molecule has 0 aromatic rings. The zero-order valence-electron chi connectivity index (χ0n) is 8.61. The number of carbonyl (C=O) groups is 3. The molecular weight excluding hydrogens is 319 g/mol. The smallest absolute Gasteiger partial charge is 0.181 e. The monoisotopic (exact) mass is 330 g/mol.